The molecule has 92 valence electrons. The van der Waals surface area contributed by atoms with Crippen LogP contribution in [0.5, 0.6) is 0 Å². The third kappa shape index (κ3) is 4.51. The molecule has 0 bridgehead atoms. The molecule has 3 nitrogen and oxygen atoms in total. The minimum Gasteiger partial charge on any atom is -0.379 e. The van der Waals surface area contributed by atoms with Gasteiger partial charge in [0.05, 0.1) is 12.7 Å². The van der Waals surface area contributed by atoms with Gasteiger partial charge in [0.2, 0.25) is 0 Å². The fourth-order valence-corrected chi connectivity index (χ4v) is 2.83. The number of thiophene rings is 1. The van der Waals surface area contributed by atoms with E-state index in [1.165, 1.54) is 0 Å². The lowest BCUT2D eigenvalue weighted by molar-refractivity contribution is -0.0428. The van der Waals surface area contributed by atoms with Crippen molar-refractivity contribution in [2.24, 2.45) is 5.73 Å². The molecule has 2 atom stereocenters. The van der Waals surface area contributed by atoms with Crippen LogP contribution in [0.2, 0.25) is 0 Å². The van der Waals surface area contributed by atoms with Gasteiger partial charge in [0.15, 0.2) is 0 Å². The summed E-state index contributed by atoms with van der Waals surface area (Å²) < 4.78 is 12.2. The van der Waals surface area contributed by atoms with Gasteiger partial charge >= 0.3 is 0 Å². The summed E-state index contributed by atoms with van der Waals surface area (Å²) in [6.07, 6.45) is 0.0288. The van der Waals surface area contributed by atoms with Crippen molar-refractivity contribution in [1.29, 1.82) is 0 Å². The zero-order valence-electron chi connectivity index (χ0n) is 9.61. The minimum atomic E-state index is -0.0354. The number of halogens is 1. The monoisotopic (exact) mass is 307 g/mol. The first-order valence-corrected chi connectivity index (χ1v) is 7.01. The average molecular weight is 308 g/mol. The van der Waals surface area contributed by atoms with Crippen molar-refractivity contribution in [3.8, 4) is 0 Å². The van der Waals surface area contributed by atoms with Gasteiger partial charge in [-0.3, -0.25) is 0 Å². The summed E-state index contributed by atoms with van der Waals surface area (Å²) in [5.74, 6) is 0. The fourth-order valence-electron chi connectivity index (χ4n) is 1.34. The van der Waals surface area contributed by atoms with Crippen LogP contribution >= 0.6 is 27.3 Å². The van der Waals surface area contributed by atoms with Gasteiger partial charge in [-0.25, -0.2) is 0 Å². The van der Waals surface area contributed by atoms with E-state index < -0.39 is 0 Å². The maximum Gasteiger partial charge on any atom is 0.104 e. The van der Waals surface area contributed by atoms with E-state index >= 15 is 0 Å². The summed E-state index contributed by atoms with van der Waals surface area (Å²) in [4.78, 5) is 1.15. The lowest BCUT2D eigenvalue weighted by Gasteiger charge is -2.20. The SMILES string of the molecule is CCOCC(C)OC(CN)c1cc(Br)cs1. The maximum absolute atomic E-state index is 5.84. The molecule has 0 amide bonds. The number of ether oxygens (including phenoxy) is 2. The fraction of sp³-hybridized carbons (Fsp3) is 0.636. The number of rotatable bonds is 7. The van der Waals surface area contributed by atoms with Crippen LogP contribution in [0.1, 0.15) is 24.8 Å². The van der Waals surface area contributed by atoms with Crippen molar-refractivity contribution < 1.29 is 9.47 Å². The quantitative estimate of drug-likeness (QED) is 0.842. The van der Waals surface area contributed by atoms with E-state index in [1.54, 1.807) is 11.3 Å². The van der Waals surface area contributed by atoms with Crippen LogP contribution in [-0.2, 0) is 9.47 Å². The first-order valence-electron chi connectivity index (χ1n) is 5.34. The molecule has 16 heavy (non-hydrogen) atoms. The Kier molecular flexibility index (Phi) is 6.53. The molecule has 0 spiro atoms. The van der Waals surface area contributed by atoms with Gasteiger partial charge in [-0.1, -0.05) is 0 Å². The predicted molar refractivity (Wildman–Crippen MR) is 70.9 cm³/mol. The van der Waals surface area contributed by atoms with E-state index in [2.05, 4.69) is 22.0 Å². The van der Waals surface area contributed by atoms with Crippen molar-refractivity contribution in [2.75, 3.05) is 19.8 Å². The maximum atomic E-state index is 5.84. The van der Waals surface area contributed by atoms with Crippen LogP contribution in [0.25, 0.3) is 0 Å². The summed E-state index contributed by atoms with van der Waals surface area (Å²) in [6, 6.07) is 2.05. The summed E-state index contributed by atoms with van der Waals surface area (Å²) in [6.45, 7) is 5.79. The highest BCUT2D eigenvalue weighted by Crippen LogP contribution is 2.28. The van der Waals surface area contributed by atoms with E-state index in [9.17, 15) is 0 Å². The Labute approximate surface area is 109 Å². The Balaban J connectivity index is 2.48. The van der Waals surface area contributed by atoms with Crippen molar-refractivity contribution in [3.63, 3.8) is 0 Å². The highest BCUT2D eigenvalue weighted by Gasteiger charge is 2.15. The highest BCUT2D eigenvalue weighted by molar-refractivity contribution is 9.10. The standard InChI is InChI=1S/C11H18BrNO2S/c1-3-14-6-8(2)15-10(5-13)11-4-9(12)7-16-11/h4,7-8,10H,3,5-6,13H2,1-2H3. The van der Waals surface area contributed by atoms with Gasteiger partial charge in [0, 0.05) is 27.9 Å². The molecule has 1 heterocycles. The van der Waals surface area contributed by atoms with Gasteiger partial charge < -0.3 is 15.2 Å². The van der Waals surface area contributed by atoms with Crippen molar-refractivity contribution in [2.45, 2.75) is 26.1 Å². The normalized spacial score (nSPS) is 15.0. The zero-order chi connectivity index (χ0) is 12.0. The molecule has 0 aliphatic heterocycles. The Morgan fingerprint density at radius 1 is 1.56 bits per heavy atom. The van der Waals surface area contributed by atoms with Crippen molar-refractivity contribution in [1.82, 2.24) is 0 Å². The second kappa shape index (κ2) is 7.40. The van der Waals surface area contributed by atoms with Gasteiger partial charge in [0.1, 0.15) is 6.10 Å². The number of hydrogen-bond donors (Lipinski definition) is 1. The molecule has 0 fully saturated rings. The molecular weight excluding hydrogens is 290 g/mol. The molecule has 1 rings (SSSR count). The first-order chi connectivity index (χ1) is 7.67. The molecule has 2 unspecified atom stereocenters. The third-order valence-corrected chi connectivity index (χ3v) is 3.86. The van der Waals surface area contributed by atoms with E-state index in [0.29, 0.717) is 19.8 Å². The molecule has 5 heteroatoms. The lowest BCUT2D eigenvalue weighted by atomic mass is 10.3. The smallest absolute Gasteiger partial charge is 0.104 e. The number of nitrogens with two attached hydrogens (primary N) is 1. The van der Waals surface area contributed by atoms with Crippen LogP contribution in [-0.4, -0.2) is 25.9 Å². The van der Waals surface area contributed by atoms with Crippen molar-refractivity contribution >= 4 is 27.3 Å². The Morgan fingerprint density at radius 3 is 2.81 bits per heavy atom. The van der Waals surface area contributed by atoms with Crippen LogP contribution in [0.15, 0.2) is 15.9 Å². The minimum absolute atomic E-state index is 0.0354. The summed E-state index contributed by atoms with van der Waals surface area (Å²) in [5, 5.41) is 2.04. The topological polar surface area (TPSA) is 44.5 Å². The second-order valence-corrected chi connectivity index (χ2v) is 5.36. The lowest BCUT2D eigenvalue weighted by Crippen LogP contribution is -2.23. The molecular formula is C11H18BrNO2S. The van der Waals surface area contributed by atoms with Crippen molar-refractivity contribution in [3.05, 3.63) is 20.8 Å². The second-order valence-electron chi connectivity index (χ2n) is 3.50. The molecule has 1 aromatic rings. The first kappa shape index (κ1) is 14.1. The average Bonchev–Trinajstić information content (AvgIpc) is 2.69. The van der Waals surface area contributed by atoms with Crippen LogP contribution < -0.4 is 5.73 Å². The highest BCUT2D eigenvalue weighted by atomic mass is 79.9. The molecule has 0 radical (unpaired) electrons. The van der Waals surface area contributed by atoms with E-state index in [1.807, 2.05) is 19.2 Å². The van der Waals surface area contributed by atoms with Crippen LogP contribution in [0.4, 0.5) is 0 Å². The van der Waals surface area contributed by atoms with Gasteiger partial charge in [-0.2, -0.15) is 0 Å². The Bertz CT molecular complexity index is 306. The number of hydrogen-bond acceptors (Lipinski definition) is 4. The Morgan fingerprint density at radius 2 is 2.31 bits per heavy atom. The molecule has 1 aromatic heterocycles. The van der Waals surface area contributed by atoms with E-state index in [4.69, 9.17) is 15.2 Å². The van der Waals surface area contributed by atoms with Gasteiger partial charge in [-0.05, 0) is 35.8 Å². The molecule has 0 aliphatic carbocycles. The molecule has 0 aromatic carbocycles. The zero-order valence-corrected chi connectivity index (χ0v) is 12.0. The van der Waals surface area contributed by atoms with E-state index in [-0.39, 0.29) is 12.2 Å². The summed E-state index contributed by atoms with van der Waals surface area (Å²) in [5.41, 5.74) is 5.72. The third-order valence-electron chi connectivity index (χ3n) is 2.07. The van der Waals surface area contributed by atoms with Crippen LogP contribution in [0.3, 0.4) is 0 Å². The largest absolute Gasteiger partial charge is 0.379 e. The summed E-state index contributed by atoms with van der Waals surface area (Å²) in [7, 11) is 0. The Hall–Kier alpha value is 0.0600. The molecule has 0 saturated carbocycles. The molecule has 0 aliphatic rings. The van der Waals surface area contributed by atoms with Gasteiger partial charge in [0.25, 0.3) is 0 Å². The van der Waals surface area contributed by atoms with E-state index in [0.717, 1.165) is 9.35 Å². The predicted octanol–water partition coefficient (Wildman–Crippen LogP) is 2.95. The molecule has 0 saturated heterocycles. The molecule has 2 N–H and O–H groups in total. The van der Waals surface area contributed by atoms with Crippen LogP contribution in [0, 0.1) is 0 Å². The summed E-state index contributed by atoms with van der Waals surface area (Å²) >= 11 is 5.08. The van der Waals surface area contributed by atoms with Gasteiger partial charge in [-0.15, -0.1) is 11.3 Å².